The smallest absolute Gasteiger partial charge is 0.371 e. The van der Waals surface area contributed by atoms with Crippen molar-refractivity contribution in [2.45, 2.75) is 25.8 Å². The molecule has 1 atom stereocenters. The molecule has 0 bridgehead atoms. The molecule has 1 amide bonds. The molecule has 2 fully saturated rings. The summed E-state index contributed by atoms with van der Waals surface area (Å²) >= 11 is 0. The molecule has 90 valence electrons. The molecular formula is C12H13NO4. The van der Waals surface area contributed by atoms with E-state index in [0.717, 1.165) is 6.42 Å². The van der Waals surface area contributed by atoms with Crippen molar-refractivity contribution >= 4 is 11.9 Å². The number of carbonyl (C=O) groups is 2. The van der Waals surface area contributed by atoms with Crippen LogP contribution in [0.15, 0.2) is 16.5 Å². The minimum atomic E-state index is -1.10. The second-order valence-corrected chi connectivity index (χ2v) is 4.91. The molecule has 0 radical (unpaired) electrons. The molecule has 1 aromatic rings. The molecule has 1 aromatic heterocycles. The zero-order valence-corrected chi connectivity index (χ0v) is 9.23. The Balaban J connectivity index is 1.53. The Bertz CT molecular complexity index is 486. The fourth-order valence-electron chi connectivity index (χ4n) is 2.32. The van der Waals surface area contributed by atoms with E-state index in [4.69, 9.17) is 9.52 Å². The molecule has 0 aliphatic heterocycles. The molecule has 2 aliphatic rings. The highest BCUT2D eigenvalue weighted by Crippen LogP contribution is 2.70. The Kier molecular flexibility index (Phi) is 2.05. The maximum Gasteiger partial charge on any atom is 0.371 e. The van der Waals surface area contributed by atoms with Crippen molar-refractivity contribution in [2.75, 3.05) is 0 Å². The van der Waals surface area contributed by atoms with E-state index in [1.54, 1.807) is 6.07 Å². The molecule has 0 saturated heterocycles. The van der Waals surface area contributed by atoms with Crippen LogP contribution in [0.3, 0.4) is 0 Å². The lowest BCUT2D eigenvalue weighted by Crippen LogP contribution is -2.24. The molecule has 5 heteroatoms. The number of hydrogen-bond donors (Lipinski definition) is 2. The summed E-state index contributed by atoms with van der Waals surface area (Å²) in [5.74, 6) is -0.477. The molecule has 1 heterocycles. The quantitative estimate of drug-likeness (QED) is 0.826. The lowest BCUT2D eigenvalue weighted by Gasteiger charge is -2.01. The van der Waals surface area contributed by atoms with Gasteiger partial charge in [-0.15, -0.1) is 0 Å². The second kappa shape index (κ2) is 3.35. The lowest BCUT2D eigenvalue weighted by atomic mass is 10.3. The lowest BCUT2D eigenvalue weighted by molar-refractivity contribution is -0.123. The molecule has 1 spiro atoms. The van der Waals surface area contributed by atoms with E-state index >= 15 is 0 Å². The highest BCUT2D eigenvalue weighted by atomic mass is 16.4. The highest BCUT2D eigenvalue weighted by Gasteiger charge is 2.65. The third-order valence-electron chi connectivity index (χ3n) is 3.71. The standard InChI is InChI=1S/C12H13NO4/c14-10(8-5-12(8)3-4-12)13-6-7-1-2-9(17-7)11(15)16/h1-2,8H,3-6H2,(H,13,14)(H,15,16). The van der Waals surface area contributed by atoms with Crippen molar-refractivity contribution in [1.82, 2.24) is 5.32 Å². The van der Waals surface area contributed by atoms with E-state index in [1.807, 2.05) is 0 Å². The first-order chi connectivity index (χ1) is 8.11. The van der Waals surface area contributed by atoms with Gasteiger partial charge < -0.3 is 14.8 Å². The molecule has 2 N–H and O–H groups in total. The summed E-state index contributed by atoms with van der Waals surface area (Å²) in [6.45, 7) is 0.263. The van der Waals surface area contributed by atoms with E-state index in [-0.39, 0.29) is 24.1 Å². The van der Waals surface area contributed by atoms with Crippen LogP contribution in [0.4, 0.5) is 0 Å². The average Bonchev–Trinajstić information content (AvgIpc) is 3.18. The second-order valence-electron chi connectivity index (χ2n) is 4.91. The van der Waals surface area contributed by atoms with Crippen LogP contribution < -0.4 is 5.32 Å². The third kappa shape index (κ3) is 1.81. The Hall–Kier alpha value is -1.78. The Morgan fingerprint density at radius 3 is 2.76 bits per heavy atom. The van der Waals surface area contributed by atoms with Gasteiger partial charge in [0.15, 0.2) is 0 Å². The molecule has 2 aliphatic carbocycles. The summed E-state index contributed by atoms with van der Waals surface area (Å²) in [6.07, 6.45) is 3.36. The summed E-state index contributed by atoms with van der Waals surface area (Å²) in [5, 5.41) is 11.5. The monoisotopic (exact) mass is 235 g/mol. The molecule has 1 unspecified atom stereocenters. The number of carboxylic acids is 1. The van der Waals surface area contributed by atoms with E-state index in [2.05, 4.69) is 5.32 Å². The summed E-state index contributed by atoms with van der Waals surface area (Å²) in [4.78, 5) is 22.3. The number of furan rings is 1. The first kappa shape index (κ1) is 10.4. The molecule has 17 heavy (non-hydrogen) atoms. The van der Waals surface area contributed by atoms with Crippen molar-refractivity contribution in [1.29, 1.82) is 0 Å². The number of rotatable bonds is 4. The van der Waals surface area contributed by atoms with Gasteiger partial charge in [0.1, 0.15) is 5.76 Å². The van der Waals surface area contributed by atoms with E-state index in [0.29, 0.717) is 11.2 Å². The van der Waals surface area contributed by atoms with Crippen molar-refractivity contribution in [3.63, 3.8) is 0 Å². The predicted molar refractivity (Wildman–Crippen MR) is 57.3 cm³/mol. The Morgan fingerprint density at radius 2 is 2.24 bits per heavy atom. The first-order valence-electron chi connectivity index (χ1n) is 5.70. The molecule has 5 nitrogen and oxygen atoms in total. The summed E-state index contributed by atoms with van der Waals surface area (Å²) in [5.41, 5.74) is 0.347. The molecular weight excluding hydrogens is 222 g/mol. The van der Waals surface area contributed by atoms with Gasteiger partial charge in [-0.25, -0.2) is 4.79 Å². The van der Waals surface area contributed by atoms with Gasteiger partial charge in [0.2, 0.25) is 11.7 Å². The summed E-state index contributed by atoms with van der Waals surface area (Å²) in [6, 6.07) is 2.97. The van der Waals surface area contributed by atoms with Gasteiger partial charge in [0.05, 0.1) is 6.54 Å². The van der Waals surface area contributed by atoms with Gasteiger partial charge >= 0.3 is 5.97 Å². The van der Waals surface area contributed by atoms with Gasteiger partial charge in [-0.05, 0) is 36.8 Å². The topological polar surface area (TPSA) is 79.5 Å². The third-order valence-corrected chi connectivity index (χ3v) is 3.71. The minimum absolute atomic E-state index is 0.0655. The summed E-state index contributed by atoms with van der Waals surface area (Å²) in [7, 11) is 0. The number of hydrogen-bond acceptors (Lipinski definition) is 3. The van der Waals surface area contributed by atoms with Crippen LogP contribution in [0.2, 0.25) is 0 Å². The predicted octanol–water partition coefficient (Wildman–Crippen LogP) is 1.39. The number of carboxylic acid groups (broad SMARTS) is 1. The van der Waals surface area contributed by atoms with Crippen LogP contribution in [0, 0.1) is 11.3 Å². The minimum Gasteiger partial charge on any atom is -0.475 e. The van der Waals surface area contributed by atoms with Gasteiger partial charge in [-0.3, -0.25) is 4.79 Å². The molecule has 3 rings (SSSR count). The van der Waals surface area contributed by atoms with Gasteiger partial charge in [0, 0.05) is 5.92 Å². The fraction of sp³-hybridized carbons (Fsp3) is 0.500. The van der Waals surface area contributed by atoms with Gasteiger partial charge in [0.25, 0.3) is 0 Å². The Morgan fingerprint density at radius 1 is 1.47 bits per heavy atom. The maximum absolute atomic E-state index is 11.7. The van der Waals surface area contributed by atoms with Gasteiger partial charge in [-0.2, -0.15) is 0 Å². The first-order valence-corrected chi connectivity index (χ1v) is 5.70. The normalized spacial score (nSPS) is 23.4. The van der Waals surface area contributed by atoms with Crippen molar-refractivity contribution in [3.8, 4) is 0 Å². The van der Waals surface area contributed by atoms with Crippen LogP contribution in [0.25, 0.3) is 0 Å². The van der Waals surface area contributed by atoms with Crippen molar-refractivity contribution in [3.05, 3.63) is 23.7 Å². The van der Waals surface area contributed by atoms with Crippen LogP contribution >= 0.6 is 0 Å². The van der Waals surface area contributed by atoms with Crippen LogP contribution in [0.1, 0.15) is 35.6 Å². The molecule has 0 aromatic carbocycles. The largest absolute Gasteiger partial charge is 0.475 e. The van der Waals surface area contributed by atoms with Gasteiger partial charge in [-0.1, -0.05) is 0 Å². The Labute approximate surface area is 97.8 Å². The van der Waals surface area contributed by atoms with E-state index < -0.39 is 5.97 Å². The maximum atomic E-state index is 11.7. The summed E-state index contributed by atoms with van der Waals surface area (Å²) < 4.78 is 5.05. The SMILES string of the molecule is O=C(O)c1ccc(CNC(=O)C2CC23CC3)o1. The van der Waals surface area contributed by atoms with Crippen LogP contribution in [-0.4, -0.2) is 17.0 Å². The van der Waals surface area contributed by atoms with Crippen LogP contribution in [-0.2, 0) is 11.3 Å². The molecule has 2 saturated carbocycles. The average molecular weight is 235 g/mol. The van der Waals surface area contributed by atoms with Crippen molar-refractivity contribution < 1.29 is 19.1 Å². The number of nitrogens with one attached hydrogen (secondary N) is 1. The highest BCUT2D eigenvalue weighted by molar-refractivity contribution is 5.84. The number of amides is 1. The zero-order chi connectivity index (χ0) is 12.0. The van der Waals surface area contributed by atoms with Crippen LogP contribution in [0.5, 0.6) is 0 Å². The zero-order valence-electron chi connectivity index (χ0n) is 9.23. The van der Waals surface area contributed by atoms with E-state index in [9.17, 15) is 9.59 Å². The fourth-order valence-corrected chi connectivity index (χ4v) is 2.32. The van der Waals surface area contributed by atoms with E-state index in [1.165, 1.54) is 18.9 Å². The number of carbonyl (C=O) groups excluding carboxylic acids is 1. The van der Waals surface area contributed by atoms with Crippen molar-refractivity contribution in [2.24, 2.45) is 11.3 Å². The number of aromatic carboxylic acids is 1.